The number of rotatable bonds is 2. The highest BCUT2D eigenvalue weighted by Gasteiger charge is 2.33. The third-order valence-corrected chi connectivity index (χ3v) is 5.04. The van der Waals surface area contributed by atoms with Crippen LogP contribution >= 0.6 is 0 Å². The average Bonchev–Trinajstić information content (AvgIpc) is 2.64. The van der Waals surface area contributed by atoms with Gasteiger partial charge in [0.2, 0.25) is 0 Å². The van der Waals surface area contributed by atoms with E-state index in [9.17, 15) is 23.2 Å². The fourth-order valence-corrected chi connectivity index (χ4v) is 3.81. The topological polar surface area (TPSA) is 62.1 Å². The summed E-state index contributed by atoms with van der Waals surface area (Å²) in [5.74, 6) is -0.246. The van der Waals surface area contributed by atoms with Crippen LogP contribution in [0, 0.1) is 11.3 Å². The average molecular weight is 416 g/mol. The molecule has 30 heavy (non-hydrogen) atoms. The van der Waals surface area contributed by atoms with E-state index in [0.717, 1.165) is 23.3 Å². The zero-order valence-electron chi connectivity index (χ0n) is 17.0. The van der Waals surface area contributed by atoms with Crippen LogP contribution in [-0.4, -0.2) is 17.7 Å². The Morgan fingerprint density at radius 3 is 2.37 bits per heavy atom. The lowest BCUT2D eigenvalue weighted by Crippen LogP contribution is -2.43. The summed E-state index contributed by atoms with van der Waals surface area (Å²) in [5, 5.41) is 12.4. The molecule has 0 heterocycles. The molecule has 0 aromatic heterocycles. The van der Waals surface area contributed by atoms with E-state index in [1.165, 1.54) is 12.1 Å². The van der Waals surface area contributed by atoms with Gasteiger partial charge in [0, 0.05) is 12.0 Å². The molecule has 1 amide bonds. The van der Waals surface area contributed by atoms with E-state index in [1.54, 1.807) is 32.9 Å². The molecule has 2 aromatic rings. The maximum Gasteiger partial charge on any atom is 0.416 e. The zero-order valence-corrected chi connectivity index (χ0v) is 17.0. The summed E-state index contributed by atoms with van der Waals surface area (Å²) in [6.45, 7) is 5.30. The van der Waals surface area contributed by atoms with Gasteiger partial charge in [0.1, 0.15) is 5.60 Å². The predicted molar refractivity (Wildman–Crippen MR) is 106 cm³/mol. The molecule has 0 bridgehead atoms. The molecule has 0 aliphatic heterocycles. The van der Waals surface area contributed by atoms with Crippen LogP contribution in [0.5, 0.6) is 0 Å². The number of alkyl carbamates (subject to hydrolysis) is 1. The van der Waals surface area contributed by atoms with Crippen molar-refractivity contribution in [2.45, 2.75) is 57.3 Å². The second-order valence-electron chi connectivity index (χ2n) is 8.44. The number of ether oxygens (including phenoxy) is 1. The monoisotopic (exact) mass is 416 g/mol. The molecule has 1 aliphatic carbocycles. The van der Waals surface area contributed by atoms with Crippen molar-refractivity contribution in [3.63, 3.8) is 0 Å². The first-order valence-electron chi connectivity index (χ1n) is 9.66. The third-order valence-electron chi connectivity index (χ3n) is 5.04. The van der Waals surface area contributed by atoms with E-state index < -0.39 is 23.4 Å². The molecule has 158 valence electrons. The van der Waals surface area contributed by atoms with E-state index >= 15 is 0 Å². The number of alkyl halides is 3. The smallest absolute Gasteiger partial charge is 0.416 e. The minimum absolute atomic E-state index is 0.246. The van der Waals surface area contributed by atoms with E-state index in [4.69, 9.17) is 4.74 Å². The largest absolute Gasteiger partial charge is 0.444 e. The predicted octanol–water partition coefficient (Wildman–Crippen LogP) is 5.55. The molecule has 1 aliphatic rings. The van der Waals surface area contributed by atoms with Crippen LogP contribution < -0.4 is 5.32 Å². The summed E-state index contributed by atoms with van der Waals surface area (Å²) in [7, 11) is 0. The van der Waals surface area contributed by atoms with Crippen molar-refractivity contribution >= 4 is 6.09 Å². The Bertz CT molecular complexity index is 970. The quantitative estimate of drug-likeness (QED) is 0.698. The number of benzene rings is 2. The van der Waals surface area contributed by atoms with Crippen molar-refractivity contribution in [2.75, 3.05) is 0 Å². The van der Waals surface area contributed by atoms with Crippen LogP contribution in [0.25, 0.3) is 0 Å². The van der Waals surface area contributed by atoms with Crippen LogP contribution in [0.1, 0.15) is 60.9 Å². The molecule has 0 saturated carbocycles. The van der Waals surface area contributed by atoms with Gasteiger partial charge in [0.25, 0.3) is 0 Å². The van der Waals surface area contributed by atoms with Crippen LogP contribution in [0.2, 0.25) is 0 Å². The van der Waals surface area contributed by atoms with Gasteiger partial charge >= 0.3 is 12.3 Å². The van der Waals surface area contributed by atoms with E-state index in [2.05, 4.69) is 11.4 Å². The van der Waals surface area contributed by atoms with Gasteiger partial charge in [-0.1, -0.05) is 24.3 Å². The Kier molecular flexibility index (Phi) is 5.80. The summed E-state index contributed by atoms with van der Waals surface area (Å²) in [5.41, 5.74) is 1.54. The summed E-state index contributed by atoms with van der Waals surface area (Å²) in [4.78, 5) is 12.3. The van der Waals surface area contributed by atoms with Crippen molar-refractivity contribution in [1.29, 1.82) is 5.26 Å². The minimum Gasteiger partial charge on any atom is -0.444 e. The first-order valence-corrected chi connectivity index (χ1v) is 9.66. The number of nitrogens with one attached hydrogen (secondary N) is 1. The SMILES string of the molecule is CC(C)(C)OC(=O)NC1Cc2c(C#N)cccc2C(c2ccc(C(F)(F)F)cc2)C1. The Balaban J connectivity index is 1.94. The summed E-state index contributed by atoms with van der Waals surface area (Å²) in [6, 6.07) is 12.3. The number of hydrogen-bond donors (Lipinski definition) is 1. The van der Waals surface area contributed by atoms with Crippen molar-refractivity contribution in [3.05, 3.63) is 70.3 Å². The maximum atomic E-state index is 12.9. The number of halogens is 3. The highest BCUT2D eigenvalue weighted by atomic mass is 19.4. The second-order valence-corrected chi connectivity index (χ2v) is 8.44. The summed E-state index contributed by atoms with van der Waals surface area (Å²) < 4.78 is 44.2. The van der Waals surface area contributed by atoms with E-state index in [0.29, 0.717) is 24.0 Å². The van der Waals surface area contributed by atoms with Crippen LogP contribution in [0.15, 0.2) is 42.5 Å². The Hall–Kier alpha value is -3.01. The van der Waals surface area contributed by atoms with Crippen molar-refractivity contribution in [3.8, 4) is 6.07 Å². The molecule has 0 radical (unpaired) electrons. The zero-order chi connectivity index (χ0) is 22.1. The fraction of sp³-hybridized carbons (Fsp3) is 0.391. The molecule has 2 unspecified atom stereocenters. The molecule has 0 saturated heterocycles. The molecule has 0 fully saturated rings. The van der Waals surface area contributed by atoms with Gasteiger partial charge in [-0.3, -0.25) is 0 Å². The number of nitrogens with zero attached hydrogens (tertiary/aromatic N) is 1. The fourth-order valence-electron chi connectivity index (χ4n) is 3.81. The molecule has 7 heteroatoms. The van der Waals surface area contributed by atoms with Crippen molar-refractivity contribution < 1.29 is 22.7 Å². The highest BCUT2D eigenvalue weighted by Crippen LogP contribution is 2.39. The van der Waals surface area contributed by atoms with Gasteiger partial charge in [0.15, 0.2) is 0 Å². The Morgan fingerprint density at radius 2 is 1.80 bits per heavy atom. The van der Waals surface area contributed by atoms with Gasteiger partial charge in [-0.15, -0.1) is 0 Å². The van der Waals surface area contributed by atoms with Gasteiger partial charge in [-0.2, -0.15) is 18.4 Å². The van der Waals surface area contributed by atoms with E-state index in [-0.39, 0.29) is 12.0 Å². The van der Waals surface area contributed by atoms with E-state index in [1.807, 2.05) is 6.07 Å². The molecule has 4 nitrogen and oxygen atoms in total. The second kappa shape index (κ2) is 8.02. The lowest BCUT2D eigenvalue weighted by Gasteiger charge is -2.33. The van der Waals surface area contributed by atoms with Gasteiger partial charge < -0.3 is 10.1 Å². The van der Waals surface area contributed by atoms with Crippen LogP contribution in [-0.2, 0) is 17.3 Å². The molecular weight excluding hydrogens is 393 g/mol. The molecule has 2 atom stereocenters. The normalized spacial score (nSPS) is 18.8. The molecular formula is C23H23F3N2O2. The van der Waals surface area contributed by atoms with Crippen molar-refractivity contribution in [1.82, 2.24) is 5.32 Å². The molecule has 1 N–H and O–H groups in total. The highest BCUT2D eigenvalue weighted by molar-refractivity contribution is 5.68. The number of carbonyl (C=O) groups excluding carboxylic acids is 1. The number of hydrogen-bond acceptors (Lipinski definition) is 3. The van der Waals surface area contributed by atoms with Gasteiger partial charge in [0.05, 0.1) is 17.2 Å². The number of fused-ring (bicyclic) bond motifs is 1. The van der Waals surface area contributed by atoms with Crippen LogP contribution in [0.4, 0.5) is 18.0 Å². The number of carbonyl (C=O) groups is 1. The standard InChI is InChI=1S/C23H23F3N2O2/c1-22(2,3)30-21(29)28-17-11-19(14-7-9-16(10-8-14)23(24,25)26)18-6-4-5-15(13-27)20(18)12-17/h4-10,17,19H,11-12H2,1-3H3,(H,28,29). The van der Waals surface area contributed by atoms with Gasteiger partial charge in [-0.25, -0.2) is 4.79 Å². The Morgan fingerprint density at radius 1 is 1.13 bits per heavy atom. The molecule has 2 aromatic carbocycles. The van der Waals surface area contributed by atoms with Gasteiger partial charge in [-0.05, 0) is 68.5 Å². The number of amides is 1. The maximum absolute atomic E-state index is 12.9. The van der Waals surface area contributed by atoms with Crippen molar-refractivity contribution in [2.24, 2.45) is 0 Å². The molecule has 3 rings (SSSR count). The molecule has 0 spiro atoms. The number of nitriles is 1. The lowest BCUT2D eigenvalue weighted by atomic mass is 9.75. The first-order chi connectivity index (χ1) is 14.0. The first kappa shape index (κ1) is 21.7. The lowest BCUT2D eigenvalue weighted by molar-refractivity contribution is -0.137. The Labute approximate surface area is 173 Å². The third kappa shape index (κ3) is 4.93. The van der Waals surface area contributed by atoms with Crippen LogP contribution in [0.3, 0.4) is 0 Å². The summed E-state index contributed by atoms with van der Waals surface area (Å²) in [6.07, 6.45) is -4.02. The minimum atomic E-state index is -4.40. The summed E-state index contributed by atoms with van der Waals surface area (Å²) >= 11 is 0.